The molecule has 0 fully saturated rings. The first kappa shape index (κ1) is 15.2. The van der Waals surface area contributed by atoms with E-state index in [1.165, 1.54) is 0 Å². The van der Waals surface area contributed by atoms with E-state index < -0.39 is 0 Å². The quantitative estimate of drug-likeness (QED) is 0.877. The number of carbonyl (C=O) groups is 1. The van der Waals surface area contributed by atoms with E-state index in [9.17, 15) is 4.79 Å². The lowest BCUT2D eigenvalue weighted by atomic mass is 10.1. The zero-order valence-corrected chi connectivity index (χ0v) is 12.5. The number of rotatable bonds is 6. The molecule has 1 rings (SSSR count). The Morgan fingerprint density at radius 2 is 2.11 bits per heavy atom. The first-order chi connectivity index (χ1) is 8.60. The molecule has 0 aromatic heterocycles. The third-order valence-corrected chi connectivity index (χ3v) is 3.71. The second-order valence-electron chi connectivity index (χ2n) is 4.33. The molecule has 0 spiro atoms. The summed E-state index contributed by atoms with van der Waals surface area (Å²) >= 11 is 3.43. The van der Waals surface area contributed by atoms with E-state index in [0.29, 0.717) is 18.7 Å². The van der Waals surface area contributed by atoms with Crippen LogP contribution in [0.5, 0.6) is 0 Å². The van der Waals surface area contributed by atoms with E-state index in [1.54, 1.807) is 4.90 Å². The van der Waals surface area contributed by atoms with Gasteiger partial charge in [0.2, 0.25) is 0 Å². The maximum Gasteiger partial charge on any atom is 0.253 e. The molecule has 18 heavy (non-hydrogen) atoms. The van der Waals surface area contributed by atoms with Crippen LogP contribution in [0.25, 0.3) is 0 Å². The van der Waals surface area contributed by atoms with Gasteiger partial charge in [0.25, 0.3) is 5.91 Å². The van der Waals surface area contributed by atoms with Crippen molar-refractivity contribution in [3.63, 3.8) is 0 Å². The molecule has 0 bridgehead atoms. The second-order valence-corrected chi connectivity index (χ2v) is 5.19. The highest BCUT2D eigenvalue weighted by Gasteiger charge is 2.15. The van der Waals surface area contributed by atoms with Gasteiger partial charge in [-0.1, -0.05) is 35.3 Å². The van der Waals surface area contributed by atoms with Crippen LogP contribution in [-0.4, -0.2) is 35.6 Å². The van der Waals surface area contributed by atoms with E-state index in [1.807, 2.05) is 25.1 Å². The Bertz CT molecular complexity index is 407. The molecule has 0 unspecified atom stereocenters. The number of unbranched alkanes of at least 4 members (excludes halogenated alkanes) is 1. The predicted octanol–water partition coefficient (Wildman–Crippen LogP) is 2.99. The van der Waals surface area contributed by atoms with Crippen molar-refractivity contribution in [2.75, 3.05) is 19.7 Å². The van der Waals surface area contributed by atoms with Crippen molar-refractivity contribution < 1.29 is 9.90 Å². The number of benzene rings is 1. The molecular formula is C14H20BrNO2. The fourth-order valence-corrected chi connectivity index (χ4v) is 2.07. The van der Waals surface area contributed by atoms with Gasteiger partial charge in [0.15, 0.2) is 0 Å². The molecule has 100 valence electrons. The summed E-state index contributed by atoms with van der Waals surface area (Å²) in [5, 5.41) is 9.03. The summed E-state index contributed by atoms with van der Waals surface area (Å²) in [6.45, 7) is 5.17. The topological polar surface area (TPSA) is 40.5 Å². The molecule has 1 aromatic rings. The van der Waals surface area contributed by atoms with E-state index in [-0.39, 0.29) is 12.5 Å². The highest BCUT2D eigenvalue weighted by molar-refractivity contribution is 9.10. The van der Waals surface area contributed by atoms with Gasteiger partial charge < -0.3 is 10.0 Å². The van der Waals surface area contributed by atoms with E-state index in [4.69, 9.17) is 5.11 Å². The number of aliphatic hydroxyl groups is 1. The Balaban J connectivity index is 2.83. The predicted molar refractivity (Wildman–Crippen MR) is 76.8 cm³/mol. The molecule has 3 nitrogen and oxygen atoms in total. The van der Waals surface area contributed by atoms with Crippen molar-refractivity contribution in [2.45, 2.75) is 26.7 Å². The van der Waals surface area contributed by atoms with Crippen molar-refractivity contribution in [3.8, 4) is 0 Å². The largest absolute Gasteiger partial charge is 0.395 e. The fourth-order valence-electron chi connectivity index (χ4n) is 1.69. The Kier molecular flexibility index (Phi) is 6.36. The molecule has 0 radical (unpaired) electrons. The van der Waals surface area contributed by atoms with Crippen LogP contribution >= 0.6 is 15.9 Å². The molecule has 1 N–H and O–H groups in total. The van der Waals surface area contributed by atoms with Crippen LogP contribution in [0.2, 0.25) is 0 Å². The first-order valence-corrected chi connectivity index (χ1v) is 7.05. The number of amides is 1. The lowest BCUT2D eigenvalue weighted by Crippen LogP contribution is -2.34. The smallest absolute Gasteiger partial charge is 0.253 e. The molecular weight excluding hydrogens is 294 g/mol. The molecule has 0 saturated heterocycles. The molecule has 4 heteroatoms. The maximum absolute atomic E-state index is 12.3. The van der Waals surface area contributed by atoms with Crippen LogP contribution in [0.4, 0.5) is 0 Å². The molecule has 0 aliphatic carbocycles. The highest BCUT2D eigenvalue weighted by atomic mass is 79.9. The van der Waals surface area contributed by atoms with Crippen molar-refractivity contribution >= 4 is 21.8 Å². The number of aryl methyl sites for hydroxylation is 1. The second kappa shape index (κ2) is 7.54. The Morgan fingerprint density at radius 3 is 2.67 bits per heavy atom. The lowest BCUT2D eigenvalue weighted by molar-refractivity contribution is 0.0719. The van der Waals surface area contributed by atoms with Crippen LogP contribution in [0.3, 0.4) is 0 Å². The van der Waals surface area contributed by atoms with Gasteiger partial charge in [-0.3, -0.25) is 4.79 Å². The van der Waals surface area contributed by atoms with Crippen LogP contribution in [0.1, 0.15) is 35.7 Å². The van der Waals surface area contributed by atoms with E-state index in [2.05, 4.69) is 22.9 Å². The normalized spacial score (nSPS) is 10.4. The molecule has 0 heterocycles. The minimum Gasteiger partial charge on any atom is -0.395 e. The molecule has 0 atom stereocenters. The zero-order chi connectivity index (χ0) is 13.5. The third kappa shape index (κ3) is 4.10. The van der Waals surface area contributed by atoms with E-state index in [0.717, 1.165) is 22.9 Å². The van der Waals surface area contributed by atoms with Crippen LogP contribution in [0, 0.1) is 6.92 Å². The number of hydrogen-bond acceptors (Lipinski definition) is 2. The number of carbonyl (C=O) groups excluding carboxylic acids is 1. The van der Waals surface area contributed by atoms with Crippen molar-refractivity contribution in [1.82, 2.24) is 4.90 Å². The SMILES string of the molecule is CCCCN(CCO)C(=O)c1ccc(C)c(Br)c1. The Hall–Kier alpha value is -0.870. The number of aliphatic hydroxyl groups excluding tert-OH is 1. The molecule has 0 aliphatic heterocycles. The van der Waals surface area contributed by atoms with Gasteiger partial charge >= 0.3 is 0 Å². The first-order valence-electron chi connectivity index (χ1n) is 6.26. The summed E-state index contributed by atoms with van der Waals surface area (Å²) in [5.41, 5.74) is 1.77. The minimum absolute atomic E-state index is 0.00247. The maximum atomic E-state index is 12.3. The van der Waals surface area contributed by atoms with Gasteiger partial charge in [-0.2, -0.15) is 0 Å². The molecule has 0 aliphatic rings. The van der Waals surface area contributed by atoms with Gasteiger partial charge in [0.05, 0.1) is 6.61 Å². The number of nitrogens with zero attached hydrogens (tertiary/aromatic N) is 1. The average molecular weight is 314 g/mol. The summed E-state index contributed by atoms with van der Waals surface area (Å²) in [6, 6.07) is 5.60. The molecule has 0 saturated carbocycles. The summed E-state index contributed by atoms with van der Waals surface area (Å²) in [7, 11) is 0. The van der Waals surface area contributed by atoms with Crippen molar-refractivity contribution in [1.29, 1.82) is 0 Å². The lowest BCUT2D eigenvalue weighted by Gasteiger charge is -2.21. The Labute approximate surface area is 117 Å². The van der Waals surface area contributed by atoms with Crippen molar-refractivity contribution in [3.05, 3.63) is 33.8 Å². The van der Waals surface area contributed by atoms with Gasteiger partial charge in [0.1, 0.15) is 0 Å². The Morgan fingerprint density at radius 1 is 1.39 bits per heavy atom. The van der Waals surface area contributed by atoms with Crippen molar-refractivity contribution in [2.24, 2.45) is 0 Å². The average Bonchev–Trinajstić information content (AvgIpc) is 2.37. The summed E-state index contributed by atoms with van der Waals surface area (Å²) in [5.74, 6) is -0.0156. The van der Waals surface area contributed by atoms with Crippen LogP contribution in [0.15, 0.2) is 22.7 Å². The van der Waals surface area contributed by atoms with Gasteiger partial charge in [-0.25, -0.2) is 0 Å². The standard InChI is InChI=1S/C14H20BrNO2/c1-3-4-7-16(8-9-17)14(18)12-6-5-11(2)13(15)10-12/h5-6,10,17H,3-4,7-9H2,1-2H3. The summed E-state index contributed by atoms with van der Waals surface area (Å²) in [4.78, 5) is 14.0. The zero-order valence-electron chi connectivity index (χ0n) is 10.9. The minimum atomic E-state index is -0.0156. The van der Waals surface area contributed by atoms with Gasteiger partial charge in [-0.05, 0) is 31.0 Å². The van der Waals surface area contributed by atoms with Crippen LogP contribution in [-0.2, 0) is 0 Å². The fraction of sp³-hybridized carbons (Fsp3) is 0.500. The van der Waals surface area contributed by atoms with Gasteiger partial charge in [0, 0.05) is 23.1 Å². The molecule has 1 aromatic carbocycles. The summed E-state index contributed by atoms with van der Waals surface area (Å²) in [6.07, 6.45) is 1.99. The molecule has 1 amide bonds. The van der Waals surface area contributed by atoms with E-state index >= 15 is 0 Å². The number of hydrogen-bond donors (Lipinski definition) is 1. The third-order valence-electron chi connectivity index (χ3n) is 2.86. The van der Waals surface area contributed by atoms with Gasteiger partial charge in [-0.15, -0.1) is 0 Å². The summed E-state index contributed by atoms with van der Waals surface area (Å²) < 4.78 is 0.938. The van der Waals surface area contributed by atoms with Crippen LogP contribution < -0.4 is 0 Å². The highest BCUT2D eigenvalue weighted by Crippen LogP contribution is 2.18. The monoisotopic (exact) mass is 313 g/mol. The number of halogens is 1.